The van der Waals surface area contributed by atoms with E-state index in [2.05, 4.69) is 22.7 Å². The molecular formula is C13H20F2N4. The molecular weight excluding hydrogens is 250 g/mol. The van der Waals surface area contributed by atoms with Crippen molar-refractivity contribution in [3.05, 3.63) is 17.7 Å². The summed E-state index contributed by atoms with van der Waals surface area (Å²) in [6.07, 6.45) is 4.83. The summed E-state index contributed by atoms with van der Waals surface area (Å²) in [5, 5.41) is 2.97. The number of hydrazine groups is 1. The third-order valence-corrected chi connectivity index (χ3v) is 3.89. The van der Waals surface area contributed by atoms with Crippen molar-refractivity contribution in [1.29, 1.82) is 0 Å². The van der Waals surface area contributed by atoms with E-state index in [1.807, 2.05) is 0 Å². The van der Waals surface area contributed by atoms with Crippen molar-refractivity contribution in [2.24, 2.45) is 17.7 Å². The summed E-state index contributed by atoms with van der Waals surface area (Å²) >= 11 is 0. The van der Waals surface area contributed by atoms with Crippen LogP contribution in [0.2, 0.25) is 0 Å². The van der Waals surface area contributed by atoms with Crippen LogP contribution < -0.4 is 16.6 Å². The Bertz CT molecular complexity index is 439. The van der Waals surface area contributed by atoms with Crippen LogP contribution in [0.5, 0.6) is 0 Å². The van der Waals surface area contributed by atoms with Gasteiger partial charge in [-0.25, -0.2) is 19.6 Å². The van der Waals surface area contributed by atoms with Crippen molar-refractivity contribution < 1.29 is 8.78 Å². The third-order valence-electron chi connectivity index (χ3n) is 3.89. The highest BCUT2D eigenvalue weighted by atomic mass is 19.1. The molecule has 2 rings (SSSR count). The van der Waals surface area contributed by atoms with Crippen molar-refractivity contribution >= 4 is 11.6 Å². The van der Waals surface area contributed by atoms with Gasteiger partial charge in [0.1, 0.15) is 0 Å². The van der Waals surface area contributed by atoms with Crippen LogP contribution in [0.25, 0.3) is 0 Å². The van der Waals surface area contributed by atoms with Gasteiger partial charge in [-0.2, -0.15) is 0 Å². The average molecular weight is 270 g/mol. The van der Waals surface area contributed by atoms with Crippen LogP contribution in [-0.4, -0.2) is 11.5 Å². The molecule has 19 heavy (non-hydrogen) atoms. The van der Waals surface area contributed by atoms with Gasteiger partial charge in [-0.1, -0.05) is 26.2 Å². The lowest BCUT2D eigenvalue weighted by molar-refractivity contribution is 0.268. The van der Waals surface area contributed by atoms with Gasteiger partial charge in [0.05, 0.1) is 0 Å². The highest BCUT2D eigenvalue weighted by Gasteiger charge is 2.21. The summed E-state index contributed by atoms with van der Waals surface area (Å²) in [6.45, 7) is 2.87. The van der Waals surface area contributed by atoms with E-state index >= 15 is 0 Å². The fourth-order valence-corrected chi connectivity index (χ4v) is 2.62. The minimum absolute atomic E-state index is 0.0483. The largest absolute Gasteiger partial charge is 0.367 e. The predicted octanol–water partition coefficient (Wildman–Crippen LogP) is 2.88. The highest BCUT2D eigenvalue weighted by Crippen LogP contribution is 2.30. The van der Waals surface area contributed by atoms with Crippen LogP contribution in [-0.2, 0) is 0 Å². The maximum Gasteiger partial charge on any atom is 0.178 e. The zero-order valence-electron chi connectivity index (χ0n) is 11.0. The Morgan fingerprint density at radius 3 is 2.63 bits per heavy atom. The first-order valence-electron chi connectivity index (χ1n) is 6.68. The Morgan fingerprint density at radius 2 is 1.95 bits per heavy atom. The molecule has 2 atom stereocenters. The number of nitrogen functional groups attached to an aromatic ring is 1. The Labute approximate surface area is 111 Å². The number of aromatic nitrogens is 1. The summed E-state index contributed by atoms with van der Waals surface area (Å²) in [4.78, 5) is 3.80. The first kappa shape index (κ1) is 14.0. The van der Waals surface area contributed by atoms with Gasteiger partial charge in [0.25, 0.3) is 0 Å². The number of hydrogen-bond donors (Lipinski definition) is 3. The minimum atomic E-state index is -0.795. The molecule has 1 aromatic heterocycles. The number of rotatable bonds is 4. The molecule has 1 heterocycles. The fraction of sp³-hybridized carbons (Fsp3) is 0.615. The summed E-state index contributed by atoms with van der Waals surface area (Å²) < 4.78 is 26.8. The van der Waals surface area contributed by atoms with Crippen molar-refractivity contribution in [3.8, 4) is 0 Å². The number of nitrogens with zero attached hydrogens (tertiary/aromatic N) is 1. The molecule has 1 fully saturated rings. The highest BCUT2D eigenvalue weighted by molar-refractivity contribution is 5.46. The molecule has 106 valence electrons. The number of nitrogens with one attached hydrogen (secondary N) is 2. The van der Waals surface area contributed by atoms with E-state index in [1.54, 1.807) is 0 Å². The normalized spacial score (nSPS) is 23.2. The van der Waals surface area contributed by atoms with E-state index in [0.29, 0.717) is 18.4 Å². The van der Waals surface area contributed by atoms with Gasteiger partial charge in [-0.05, 0) is 18.3 Å². The van der Waals surface area contributed by atoms with E-state index in [-0.39, 0.29) is 11.6 Å². The maximum atomic E-state index is 13.6. The molecule has 0 spiro atoms. The molecule has 0 saturated heterocycles. The summed E-state index contributed by atoms with van der Waals surface area (Å²) in [5.74, 6) is 4.67. The molecule has 6 heteroatoms. The van der Waals surface area contributed by atoms with E-state index < -0.39 is 11.6 Å². The van der Waals surface area contributed by atoms with E-state index in [9.17, 15) is 8.78 Å². The van der Waals surface area contributed by atoms with Crippen LogP contribution in [0, 0.1) is 23.5 Å². The monoisotopic (exact) mass is 270 g/mol. The molecule has 0 aromatic carbocycles. The smallest absolute Gasteiger partial charge is 0.178 e. The molecule has 0 amide bonds. The minimum Gasteiger partial charge on any atom is -0.367 e. The molecule has 1 aliphatic rings. The number of pyridine rings is 1. The Balaban J connectivity index is 2.02. The second kappa shape index (κ2) is 6.14. The van der Waals surface area contributed by atoms with Gasteiger partial charge >= 0.3 is 0 Å². The van der Waals surface area contributed by atoms with Crippen LogP contribution >= 0.6 is 0 Å². The lowest BCUT2D eigenvalue weighted by atomic mass is 9.80. The van der Waals surface area contributed by atoms with Crippen molar-refractivity contribution in [2.45, 2.75) is 32.6 Å². The van der Waals surface area contributed by atoms with Gasteiger partial charge in [0, 0.05) is 12.6 Å². The number of anilines is 2. The lowest BCUT2D eigenvalue weighted by Gasteiger charge is -2.29. The second-order valence-corrected chi connectivity index (χ2v) is 5.20. The van der Waals surface area contributed by atoms with Crippen LogP contribution in [0.3, 0.4) is 0 Å². The van der Waals surface area contributed by atoms with Crippen LogP contribution in [0.4, 0.5) is 20.4 Å². The van der Waals surface area contributed by atoms with E-state index in [1.165, 1.54) is 19.3 Å². The summed E-state index contributed by atoms with van der Waals surface area (Å²) in [6, 6.07) is 0.787. The van der Waals surface area contributed by atoms with Gasteiger partial charge in [-0.3, -0.25) is 0 Å². The maximum absolute atomic E-state index is 13.6. The fourth-order valence-electron chi connectivity index (χ4n) is 2.62. The number of halogens is 2. The Kier molecular flexibility index (Phi) is 4.52. The Hall–Kier alpha value is -1.43. The van der Waals surface area contributed by atoms with Crippen molar-refractivity contribution in [1.82, 2.24) is 4.98 Å². The zero-order valence-corrected chi connectivity index (χ0v) is 11.0. The first-order valence-corrected chi connectivity index (χ1v) is 6.68. The van der Waals surface area contributed by atoms with Crippen LogP contribution in [0.15, 0.2) is 6.07 Å². The quantitative estimate of drug-likeness (QED) is 0.581. The molecule has 2 unspecified atom stereocenters. The standard InChI is InChI=1S/C13H20F2N4/c1-8-4-2-3-5-9(8)7-17-12-10(14)6-11(15)13(18-12)19-16/h6,8-9H,2-5,7,16H2,1H3,(H2,17,18,19). The first-order chi connectivity index (χ1) is 9.11. The molecule has 0 aliphatic heterocycles. The molecule has 1 aromatic rings. The second-order valence-electron chi connectivity index (χ2n) is 5.20. The van der Waals surface area contributed by atoms with Gasteiger partial charge in [0.2, 0.25) is 0 Å². The lowest BCUT2D eigenvalue weighted by Crippen LogP contribution is -2.25. The summed E-state index contributed by atoms with van der Waals surface area (Å²) in [7, 11) is 0. The molecule has 1 aliphatic carbocycles. The van der Waals surface area contributed by atoms with Crippen LogP contribution in [0.1, 0.15) is 32.6 Å². The SMILES string of the molecule is CC1CCCCC1CNc1nc(NN)c(F)cc1F. The number of hydrogen-bond acceptors (Lipinski definition) is 4. The van der Waals surface area contributed by atoms with Crippen molar-refractivity contribution in [3.63, 3.8) is 0 Å². The predicted molar refractivity (Wildman–Crippen MR) is 71.6 cm³/mol. The molecule has 4 N–H and O–H groups in total. The average Bonchev–Trinajstić information content (AvgIpc) is 2.39. The molecule has 0 bridgehead atoms. The zero-order chi connectivity index (χ0) is 13.8. The summed E-state index contributed by atoms with van der Waals surface area (Å²) in [5.41, 5.74) is 2.12. The van der Waals surface area contributed by atoms with E-state index in [4.69, 9.17) is 5.84 Å². The third kappa shape index (κ3) is 3.32. The number of nitrogens with two attached hydrogens (primary N) is 1. The van der Waals surface area contributed by atoms with Gasteiger partial charge in [0.15, 0.2) is 23.3 Å². The van der Waals surface area contributed by atoms with Gasteiger partial charge in [-0.15, -0.1) is 0 Å². The molecule has 4 nitrogen and oxygen atoms in total. The van der Waals surface area contributed by atoms with Crippen molar-refractivity contribution in [2.75, 3.05) is 17.3 Å². The molecule has 0 radical (unpaired) electrons. The van der Waals surface area contributed by atoms with Gasteiger partial charge < -0.3 is 10.7 Å². The topological polar surface area (TPSA) is 63.0 Å². The van der Waals surface area contributed by atoms with E-state index in [0.717, 1.165) is 12.5 Å². The molecule has 1 saturated carbocycles. The Morgan fingerprint density at radius 1 is 1.26 bits per heavy atom.